The molecule has 2 rings (SSSR count). The van der Waals surface area contributed by atoms with Crippen LogP contribution in [0, 0.1) is 0 Å². The highest BCUT2D eigenvalue weighted by molar-refractivity contribution is 9.10. The van der Waals surface area contributed by atoms with Gasteiger partial charge in [-0.3, -0.25) is 4.79 Å². The lowest BCUT2D eigenvalue weighted by atomic mass is 10.2. The van der Waals surface area contributed by atoms with Crippen molar-refractivity contribution < 1.29 is 13.2 Å². The van der Waals surface area contributed by atoms with Crippen LogP contribution in [0.25, 0.3) is 0 Å². The van der Waals surface area contributed by atoms with E-state index in [0.29, 0.717) is 26.8 Å². The SMILES string of the molecule is CS(=O)(=O)c1cccc(NCC(=O)NCCSCc2ccc(Cl)cc2Cl)c1Br. The monoisotopic (exact) mass is 524 g/mol. The number of halogens is 3. The first-order valence-electron chi connectivity index (χ1n) is 8.19. The molecule has 0 heterocycles. The van der Waals surface area contributed by atoms with Gasteiger partial charge in [-0.1, -0.05) is 35.3 Å². The molecule has 0 aromatic heterocycles. The van der Waals surface area contributed by atoms with Gasteiger partial charge < -0.3 is 10.6 Å². The summed E-state index contributed by atoms with van der Waals surface area (Å²) >= 11 is 16.9. The van der Waals surface area contributed by atoms with Gasteiger partial charge in [0.25, 0.3) is 0 Å². The van der Waals surface area contributed by atoms with E-state index in [1.807, 2.05) is 6.07 Å². The van der Waals surface area contributed by atoms with Crippen LogP contribution in [0.15, 0.2) is 45.8 Å². The Morgan fingerprint density at radius 3 is 2.64 bits per heavy atom. The van der Waals surface area contributed by atoms with Crippen molar-refractivity contribution in [1.29, 1.82) is 0 Å². The summed E-state index contributed by atoms with van der Waals surface area (Å²) in [4.78, 5) is 12.2. The Balaban J connectivity index is 1.73. The number of benzene rings is 2. The molecule has 2 aromatic carbocycles. The fourth-order valence-corrected chi connectivity index (χ4v) is 5.72. The smallest absolute Gasteiger partial charge is 0.239 e. The Hall–Kier alpha value is -0.930. The molecule has 0 atom stereocenters. The molecule has 2 N–H and O–H groups in total. The molecule has 0 aliphatic carbocycles. The summed E-state index contributed by atoms with van der Waals surface area (Å²) in [6, 6.07) is 10.2. The van der Waals surface area contributed by atoms with Gasteiger partial charge in [-0.2, -0.15) is 11.8 Å². The van der Waals surface area contributed by atoms with Crippen molar-refractivity contribution in [1.82, 2.24) is 5.32 Å². The number of amides is 1. The molecule has 0 aliphatic rings. The molecule has 0 bridgehead atoms. The summed E-state index contributed by atoms with van der Waals surface area (Å²) in [5, 5.41) is 7.00. The van der Waals surface area contributed by atoms with E-state index in [9.17, 15) is 13.2 Å². The minimum Gasteiger partial charge on any atom is -0.375 e. The molecule has 0 aliphatic heterocycles. The van der Waals surface area contributed by atoms with E-state index in [1.165, 1.54) is 6.07 Å². The van der Waals surface area contributed by atoms with Gasteiger partial charge in [0.2, 0.25) is 5.91 Å². The number of carbonyl (C=O) groups is 1. The average molecular weight is 526 g/mol. The minimum absolute atomic E-state index is 0.0412. The van der Waals surface area contributed by atoms with Crippen molar-refractivity contribution in [3.8, 4) is 0 Å². The first-order valence-corrected chi connectivity index (χ1v) is 12.8. The Kier molecular flexibility index (Phi) is 8.95. The molecule has 0 saturated heterocycles. The van der Waals surface area contributed by atoms with E-state index in [-0.39, 0.29) is 17.3 Å². The summed E-state index contributed by atoms with van der Waals surface area (Å²) in [6.45, 7) is 0.556. The molecule has 2 aromatic rings. The second-order valence-electron chi connectivity index (χ2n) is 5.88. The Morgan fingerprint density at radius 1 is 1.21 bits per heavy atom. The topological polar surface area (TPSA) is 75.3 Å². The van der Waals surface area contributed by atoms with Crippen LogP contribution < -0.4 is 10.6 Å². The van der Waals surface area contributed by atoms with Crippen LogP contribution in [-0.4, -0.2) is 39.4 Å². The van der Waals surface area contributed by atoms with Crippen LogP contribution in [0.1, 0.15) is 5.56 Å². The van der Waals surface area contributed by atoms with Gasteiger partial charge in [0.1, 0.15) is 0 Å². The second kappa shape index (κ2) is 10.7. The van der Waals surface area contributed by atoms with E-state index >= 15 is 0 Å². The molecule has 0 spiro atoms. The summed E-state index contributed by atoms with van der Waals surface area (Å²) in [7, 11) is -3.35. The Morgan fingerprint density at radius 2 is 1.96 bits per heavy atom. The lowest BCUT2D eigenvalue weighted by Crippen LogP contribution is -2.31. The number of sulfone groups is 1. The number of hydrogen-bond acceptors (Lipinski definition) is 5. The Bertz CT molecular complexity index is 956. The molecule has 10 heteroatoms. The molecule has 28 heavy (non-hydrogen) atoms. The molecule has 5 nitrogen and oxygen atoms in total. The number of thioether (sulfide) groups is 1. The number of carbonyl (C=O) groups excluding carboxylic acids is 1. The van der Waals surface area contributed by atoms with Crippen LogP contribution in [0.2, 0.25) is 10.0 Å². The second-order valence-corrected chi connectivity index (χ2v) is 10.6. The molecule has 1 amide bonds. The minimum atomic E-state index is -3.35. The van der Waals surface area contributed by atoms with Gasteiger partial charge in [0, 0.05) is 34.4 Å². The highest BCUT2D eigenvalue weighted by atomic mass is 79.9. The van der Waals surface area contributed by atoms with Gasteiger partial charge in [-0.05, 0) is 45.8 Å². The summed E-state index contributed by atoms with van der Waals surface area (Å²) < 4.78 is 23.9. The predicted molar refractivity (Wildman–Crippen MR) is 121 cm³/mol. The maximum Gasteiger partial charge on any atom is 0.239 e. The van der Waals surface area contributed by atoms with Crippen molar-refractivity contribution in [3.63, 3.8) is 0 Å². The van der Waals surface area contributed by atoms with E-state index in [2.05, 4.69) is 26.6 Å². The van der Waals surface area contributed by atoms with E-state index in [0.717, 1.165) is 23.3 Å². The third-order valence-electron chi connectivity index (χ3n) is 3.64. The summed E-state index contributed by atoms with van der Waals surface area (Å²) in [6.07, 6.45) is 1.14. The lowest BCUT2D eigenvalue weighted by molar-refractivity contribution is -0.119. The zero-order valence-electron chi connectivity index (χ0n) is 15.0. The zero-order chi connectivity index (χ0) is 20.7. The normalized spacial score (nSPS) is 11.3. The molecule has 0 fully saturated rings. The van der Waals surface area contributed by atoms with Gasteiger partial charge in [-0.15, -0.1) is 0 Å². The maximum atomic E-state index is 12.0. The summed E-state index contributed by atoms with van der Waals surface area (Å²) in [5.74, 6) is 1.29. The van der Waals surface area contributed by atoms with Crippen molar-refractivity contribution >= 4 is 72.3 Å². The largest absolute Gasteiger partial charge is 0.375 e. The quantitative estimate of drug-likeness (QED) is 0.467. The Labute approximate surface area is 187 Å². The fourth-order valence-electron chi connectivity index (χ4n) is 2.26. The molecular weight excluding hydrogens is 507 g/mol. The molecule has 152 valence electrons. The highest BCUT2D eigenvalue weighted by Gasteiger charge is 2.14. The first-order chi connectivity index (χ1) is 13.2. The zero-order valence-corrected chi connectivity index (χ0v) is 19.7. The molecule has 0 saturated carbocycles. The molecule has 0 unspecified atom stereocenters. The predicted octanol–water partition coefficient (Wildman–Crippen LogP) is 4.62. The van der Waals surface area contributed by atoms with Crippen LogP contribution in [0.5, 0.6) is 0 Å². The summed E-state index contributed by atoms with van der Waals surface area (Å²) in [5.41, 5.74) is 1.55. The van der Waals surface area contributed by atoms with Crippen molar-refractivity contribution in [2.24, 2.45) is 0 Å². The third-order valence-corrected chi connectivity index (χ3v) is 7.49. The van der Waals surface area contributed by atoms with Gasteiger partial charge in [0.05, 0.1) is 21.6 Å². The first kappa shape index (κ1) is 23.3. The number of anilines is 1. The van der Waals surface area contributed by atoms with E-state index in [1.54, 1.807) is 36.0 Å². The molecule has 0 radical (unpaired) electrons. The lowest BCUT2D eigenvalue weighted by Gasteiger charge is -2.11. The van der Waals surface area contributed by atoms with Crippen molar-refractivity contribution in [2.45, 2.75) is 10.6 Å². The standard InChI is InChI=1S/C18H19BrCl2N2O3S2/c1-28(25,26)16-4-2-3-15(18(16)19)23-10-17(24)22-7-8-27-11-12-5-6-13(20)9-14(12)21/h2-6,9,23H,7-8,10-11H2,1H3,(H,22,24). The maximum absolute atomic E-state index is 12.0. The van der Waals surface area contributed by atoms with E-state index in [4.69, 9.17) is 23.2 Å². The van der Waals surface area contributed by atoms with E-state index < -0.39 is 9.84 Å². The van der Waals surface area contributed by atoms with Crippen molar-refractivity contribution in [2.75, 3.05) is 30.4 Å². The number of nitrogens with one attached hydrogen (secondary N) is 2. The van der Waals surface area contributed by atoms with Crippen LogP contribution >= 0.6 is 50.9 Å². The van der Waals surface area contributed by atoms with Crippen molar-refractivity contribution in [3.05, 3.63) is 56.5 Å². The number of hydrogen-bond donors (Lipinski definition) is 2. The molecular formula is C18H19BrCl2N2O3S2. The highest BCUT2D eigenvalue weighted by Crippen LogP contribution is 2.29. The number of rotatable bonds is 9. The van der Waals surface area contributed by atoms with Crippen LogP contribution in [-0.2, 0) is 20.4 Å². The van der Waals surface area contributed by atoms with Gasteiger partial charge in [0.15, 0.2) is 9.84 Å². The van der Waals surface area contributed by atoms with Gasteiger partial charge in [-0.25, -0.2) is 8.42 Å². The average Bonchev–Trinajstić information content (AvgIpc) is 2.61. The third kappa shape index (κ3) is 7.15. The van der Waals surface area contributed by atoms with Crippen LogP contribution in [0.4, 0.5) is 5.69 Å². The van der Waals surface area contributed by atoms with Gasteiger partial charge >= 0.3 is 0 Å². The van der Waals surface area contributed by atoms with Crippen LogP contribution in [0.3, 0.4) is 0 Å². The fraction of sp³-hybridized carbons (Fsp3) is 0.278.